The molecule has 126 valence electrons. The molecule has 7 heteroatoms. The van der Waals surface area contributed by atoms with Crippen LogP contribution in [0.3, 0.4) is 0 Å². The molecule has 0 fully saturated rings. The molecule has 1 N–H and O–H groups in total. The smallest absolute Gasteiger partial charge is 0.269 e. The van der Waals surface area contributed by atoms with Gasteiger partial charge in [0.05, 0.1) is 16.2 Å². The number of benzene rings is 2. The van der Waals surface area contributed by atoms with Gasteiger partial charge in [-0.05, 0) is 31.2 Å². The second-order valence-electron chi connectivity index (χ2n) is 5.33. The second-order valence-corrected chi connectivity index (χ2v) is 5.33. The fourth-order valence-electron chi connectivity index (χ4n) is 2.46. The molecular formula is C18H16N4O3. The summed E-state index contributed by atoms with van der Waals surface area (Å²) in [5.41, 5.74) is 2.35. The lowest BCUT2D eigenvalue weighted by atomic mass is 10.1. The summed E-state index contributed by atoms with van der Waals surface area (Å²) in [4.78, 5) is 22.7. The first kappa shape index (κ1) is 16.4. The molecule has 2 aromatic carbocycles. The highest BCUT2D eigenvalue weighted by atomic mass is 16.6. The van der Waals surface area contributed by atoms with Crippen LogP contribution in [0.2, 0.25) is 0 Å². The lowest BCUT2D eigenvalue weighted by molar-refractivity contribution is -0.384. The van der Waals surface area contributed by atoms with Crippen molar-refractivity contribution in [3.8, 4) is 16.9 Å². The third-order valence-electron chi connectivity index (χ3n) is 3.67. The first-order chi connectivity index (χ1) is 12.1. The molecule has 7 nitrogen and oxygen atoms in total. The summed E-state index contributed by atoms with van der Waals surface area (Å²) < 4.78 is 1.63. The van der Waals surface area contributed by atoms with Gasteiger partial charge in [-0.2, -0.15) is 5.10 Å². The third-order valence-corrected chi connectivity index (χ3v) is 3.67. The lowest BCUT2D eigenvalue weighted by Crippen LogP contribution is -2.22. The van der Waals surface area contributed by atoms with Crippen molar-refractivity contribution in [3.63, 3.8) is 0 Å². The fraction of sp³-hybridized carbons (Fsp3) is 0.111. The van der Waals surface area contributed by atoms with E-state index in [1.54, 1.807) is 23.0 Å². The van der Waals surface area contributed by atoms with Gasteiger partial charge in [-0.15, -0.1) is 0 Å². The van der Waals surface area contributed by atoms with Gasteiger partial charge in [0, 0.05) is 30.4 Å². The fourth-order valence-corrected chi connectivity index (χ4v) is 2.46. The van der Waals surface area contributed by atoms with E-state index < -0.39 is 4.92 Å². The highest BCUT2D eigenvalue weighted by Gasteiger charge is 2.18. The Bertz CT molecular complexity index is 902. The minimum absolute atomic E-state index is 0.00852. The molecule has 0 bridgehead atoms. The van der Waals surface area contributed by atoms with E-state index >= 15 is 0 Å². The van der Waals surface area contributed by atoms with E-state index in [0.717, 1.165) is 5.69 Å². The number of carbonyl (C=O) groups is 1. The van der Waals surface area contributed by atoms with Crippen molar-refractivity contribution in [2.24, 2.45) is 0 Å². The number of hydrogen-bond donors (Lipinski definition) is 1. The topological polar surface area (TPSA) is 90.1 Å². The summed E-state index contributed by atoms with van der Waals surface area (Å²) in [5, 5.41) is 18.1. The largest absolute Gasteiger partial charge is 0.352 e. The molecule has 0 saturated heterocycles. The number of nitro benzene ring substituents is 1. The first-order valence-electron chi connectivity index (χ1n) is 7.78. The van der Waals surface area contributed by atoms with Crippen molar-refractivity contribution in [3.05, 3.63) is 76.5 Å². The normalized spacial score (nSPS) is 10.4. The monoisotopic (exact) mass is 336 g/mol. The molecule has 0 spiro atoms. The van der Waals surface area contributed by atoms with E-state index in [1.807, 2.05) is 37.3 Å². The minimum Gasteiger partial charge on any atom is -0.352 e. The Morgan fingerprint density at radius 2 is 1.84 bits per heavy atom. The molecule has 0 aliphatic rings. The predicted octanol–water partition coefficient (Wildman–Crippen LogP) is 3.20. The molecule has 3 rings (SSSR count). The van der Waals surface area contributed by atoms with Gasteiger partial charge >= 0.3 is 0 Å². The molecule has 1 heterocycles. The number of carbonyl (C=O) groups excluding carboxylic acids is 1. The predicted molar refractivity (Wildman–Crippen MR) is 93.7 cm³/mol. The maximum absolute atomic E-state index is 12.4. The van der Waals surface area contributed by atoms with E-state index in [4.69, 9.17) is 0 Å². The van der Waals surface area contributed by atoms with Gasteiger partial charge in [-0.25, -0.2) is 4.68 Å². The summed E-state index contributed by atoms with van der Waals surface area (Å²) >= 11 is 0. The molecular weight excluding hydrogens is 320 g/mol. The van der Waals surface area contributed by atoms with E-state index in [0.29, 0.717) is 23.4 Å². The Morgan fingerprint density at radius 1 is 1.16 bits per heavy atom. The number of aromatic nitrogens is 2. The van der Waals surface area contributed by atoms with Gasteiger partial charge in [0.25, 0.3) is 11.6 Å². The van der Waals surface area contributed by atoms with Crippen LogP contribution in [-0.4, -0.2) is 27.2 Å². The zero-order valence-electron chi connectivity index (χ0n) is 13.5. The minimum atomic E-state index is -0.461. The maximum atomic E-state index is 12.4. The Balaban J connectivity index is 2.08. The summed E-state index contributed by atoms with van der Waals surface area (Å²) in [5.74, 6) is -0.238. The highest BCUT2D eigenvalue weighted by Crippen LogP contribution is 2.25. The van der Waals surface area contributed by atoms with Crippen molar-refractivity contribution < 1.29 is 9.72 Å². The molecule has 1 aromatic heterocycles. The number of para-hydroxylation sites is 1. The van der Waals surface area contributed by atoms with E-state index in [9.17, 15) is 14.9 Å². The average molecular weight is 336 g/mol. The number of hydrogen-bond acceptors (Lipinski definition) is 4. The van der Waals surface area contributed by atoms with Crippen molar-refractivity contribution >= 4 is 11.6 Å². The molecule has 0 unspecified atom stereocenters. The summed E-state index contributed by atoms with van der Waals surface area (Å²) in [6, 6.07) is 15.4. The standard InChI is InChI=1S/C18H16N4O3/c1-2-19-18(23)16-12-21(14-6-4-3-5-7-14)20-17(16)13-8-10-15(11-9-13)22(24)25/h3-12H,2H2,1H3,(H,19,23). The Labute approximate surface area is 144 Å². The van der Waals surface area contributed by atoms with Crippen LogP contribution in [0.1, 0.15) is 17.3 Å². The van der Waals surface area contributed by atoms with Crippen LogP contribution < -0.4 is 5.32 Å². The number of nitrogens with one attached hydrogen (secondary N) is 1. The first-order valence-corrected chi connectivity index (χ1v) is 7.78. The van der Waals surface area contributed by atoms with Crippen LogP contribution >= 0.6 is 0 Å². The van der Waals surface area contributed by atoms with Crippen LogP contribution in [0.15, 0.2) is 60.8 Å². The van der Waals surface area contributed by atoms with Crippen molar-refractivity contribution in [1.82, 2.24) is 15.1 Å². The molecule has 3 aromatic rings. The zero-order chi connectivity index (χ0) is 17.8. The van der Waals surface area contributed by atoms with E-state index in [1.165, 1.54) is 12.1 Å². The van der Waals surface area contributed by atoms with Gasteiger partial charge in [0.1, 0.15) is 5.69 Å². The molecule has 0 aliphatic carbocycles. The van der Waals surface area contributed by atoms with Crippen LogP contribution in [0, 0.1) is 10.1 Å². The molecule has 0 atom stereocenters. The maximum Gasteiger partial charge on any atom is 0.269 e. The lowest BCUT2D eigenvalue weighted by Gasteiger charge is -2.02. The van der Waals surface area contributed by atoms with Gasteiger partial charge in [0.2, 0.25) is 0 Å². The quantitative estimate of drug-likeness (QED) is 0.572. The summed E-state index contributed by atoms with van der Waals surface area (Å²) in [6.45, 7) is 2.33. The Kier molecular flexibility index (Phi) is 4.56. The van der Waals surface area contributed by atoms with Crippen molar-refractivity contribution in [1.29, 1.82) is 0 Å². The number of rotatable bonds is 5. The summed E-state index contributed by atoms with van der Waals surface area (Å²) in [7, 11) is 0. The molecule has 0 aliphatic heterocycles. The molecule has 1 amide bonds. The number of non-ortho nitro benzene ring substituents is 1. The van der Waals surface area contributed by atoms with Crippen LogP contribution in [-0.2, 0) is 0 Å². The van der Waals surface area contributed by atoms with Crippen LogP contribution in [0.25, 0.3) is 16.9 Å². The van der Waals surface area contributed by atoms with Gasteiger partial charge < -0.3 is 5.32 Å². The number of amides is 1. The van der Waals surface area contributed by atoms with Crippen LogP contribution in [0.4, 0.5) is 5.69 Å². The van der Waals surface area contributed by atoms with Crippen molar-refractivity contribution in [2.75, 3.05) is 6.54 Å². The molecule has 0 radical (unpaired) electrons. The molecule has 0 saturated carbocycles. The number of nitro groups is 1. The second kappa shape index (κ2) is 6.96. The van der Waals surface area contributed by atoms with E-state index in [2.05, 4.69) is 10.4 Å². The summed E-state index contributed by atoms with van der Waals surface area (Å²) in [6.07, 6.45) is 1.66. The van der Waals surface area contributed by atoms with Gasteiger partial charge in [-0.3, -0.25) is 14.9 Å². The number of nitrogens with zero attached hydrogens (tertiary/aromatic N) is 3. The zero-order valence-corrected chi connectivity index (χ0v) is 13.5. The SMILES string of the molecule is CCNC(=O)c1cn(-c2ccccc2)nc1-c1ccc([N+](=O)[O-])cc1. The van der Waals surface area contributed by atoms with Crippen molar-refractivity contribution in [2.45, 2.75) is 6.92 Å². The highest BCUT2D eigenvalue weighted by molar-refractivity contribution is 5.99. The van der Waals surface area contributed by atoms with Gasteiger partial charge in [0.15, 0.2) is 0 Å². The molecule has 25 heavy (non-hydrogen) atoms. The Hall–Kier alpha value is -3.48. The van der Waals surface area contributed by atoms with Gasteiger partial charge in [-0.1, -0.05) is 18.2 Å². The van der Waals surface area contributed by atoms with Crippen LogP contribution in [0.5, 0.6) is 0 Å². The average Bonchev–Trinajstić information content (AvgIpc) is 3.08. The van der Waals surface area contributed by atoms with E-state index in [-0.39, 0.29) is 11.6 Å². The Morgan fingerprint density at radius 3 is 2.44 bits per heavy atom. The third kappa shape index (κ3) is 3.40.